The topological polar surface area (TPSA) is 56.4 Å². The Bertz CT molecular complexity index is 1080. The van der Waals surface area contributed by atoms with Crippen LogP contribution in [0.3, 0.4) is 0 Å². The number of nitrogens with zero attached hydrogens (tertiary/aromatic N) is 1. The first-order valence-corrected chi connectivity index (χ1v) is 11.5. The number of piperidine rings is 1. The van der Waals surface area contributed by atoms with Crippen molar-refractivity contribution in [3.63, 3.8) is 0 Å². The van der Waals surface area contributed by atoms with Gasteiger partial charge >= 0.3 is 6.18 Å². The molecular weight excluding hydrogens is 448 g/mol. The van der Waals surface area contributed by atoms with E-state index in [1.54, 1.807) is 0 Å². The van der Waals surface area contributed by atoms with Crippen molar-refractivity contribution in [2.24, 2.45) is 0 Å². The molecule has 1 atom stereocenters. The number of likely N-dealkylation sites (tertiary alicyclic amines) is 1. The van der Waals surface area contributed by atoms with Crippen LogP contribution in [0.4, 0.5) is 34.6 Å². The molecule has 2 aromatic carbocycles. The number of carbonyl (C=O) groups excluding carboxylic acids is 1. The number of alkyl halides is 3. The van der Waals surface area contributed by atoms with Gasteiger partial charge in [0.2, 0.25) is 0 Å². The van der Waals surface area contributed by atoms with E-state index < -0.39 is 23.5 Å². The molecule has 0 spiro atoms. The Balaban J connectivity index is 1.43. The zero-order valence-corrected chi connectivity index (χ0v) is 18.9. The molecule has 1 amide bonds. The number of anilines is 3. The number of amides is 1. The second-order valence-electron chi connectivity index (χ2n) is 8.77. The molecule has 182 valence electrons. The maximum Gasteiger partial charge on any atom is 0.418 e. The van der Waals surface area contributed by atoms with Gasteiger partial charge in [0.05, 0.1) is 16.8 Å². The largest absolute Gasteiger partial charge is 0.418 e. The maximum absolute atomic E-state index is 13.7. The lowest BCUT2D eigenvalue weighted by Gasteiger charge is -2.33. The van der Waals surface area contributed by atoms with Crippen molar-refractivity contribution < 1.29 is 22.4 Å². The highest BCUT2D eigenvalue weighted by Gasteiger charge is 2.34. The summed E-state index contributed by atoms with van der Waals surface area (Å²) >= 11 is 0. The Morgan fingerprint density at radius 1 is 1.18 bits per heavy atom. The molecule has 2 heterocycles. The summed E-state index contributed by atoms with van der Waals surface area (Å²) in [5, 5.41) is 8.25. The highest BCUT2D eigenvalue weighted by molar-refractivity contribution is 6.31. The first-order valence-electron chi connectivity index (χ1n) is 11.5. The molecule has 9 heteroatoms. The molecule has 0 aliphatic carbocycles. The van der Waals surface area contributed by atoms with Gasteiger partial charge in [-0.3, -0.25) is 4.79 Å². The van der Waals surface area contributed by atoms with E-state index in [-0.39, 0.29) is 16.9 Å². The minimum Gasteiger partial charge on any atom is -0.385 e. The minimum atomic E-state index is -4.54. The summed E-state index contributed by atoms with van der Waals surface area (Å²) in [6.45, 7) is 4.54. The molecule has 0 saturated carbocycles. The van der Waals surface area contributed by atoms with Gasteiger partial charge in [0.1, 0.15) is 5.82 Å². The fraction of sp³-hybridized carbons (Fsp3) is 0.400. The van der Waals surface area contributed by atoms with Gasteiger partial charge in [0.15, 0.2) is 0 Å². The van der Waals surface area contributed by atoms with E-state index in [2.05, 4.69) is 27.8 Å². The first-order chi connectivity index (χ1) is 16.2. The van der Waals surface area contributed by atoms with Crippen LogP contribution in [0.1, 0.15) is 43.7 Å². The van der Waals surface area contributed by atoms with Crippen molar-refractivity contribution in [3.05, 3.63) is 59.5 Å². The van der Waals surface area contributed by atoms with Crippen molar-refractivity contribution in [2.45, 2.75) is 44.8 Å². The van der Waals surface area contributed by atoms with Crippen molar-refractivity contribution >= 4 is 28.5 Å². The second kappa shape index (κ2) is 10.0. The van der Waals surface area contributed by atoms with Crippen LogP contribution >= 0.6 is 0 Å². The number of hydrogen-bond acceptors (Lipinski definition) is 4. The molecule has 34 heavy (non-hydrogen) atoms. The maximum atomic E-state index is 13.7. The van der Waals surface area contributed by atoms with E-state index >= 15 is 0 Å². The van der Waals surface area contributed by atoms with Gasteiger partial charge in [0, 0.05) is 42.3 Å². The molecule has 0 bridgehead atoms. The van der Waals surface area contributed by atoms with E-state index in [0.29, 0.717) is 23.8 Å². The number of nitrogens with one attached hydrogen (secondary N) is 3. The minimum absolute atomic E-state index is 0.0248. The average Bonchev–Trinajstić information content (AvgIpc) is 3.10. The second-order valence-corrected chi connectivity index (χ2v) is 8.77. The molecule has 2 aliphatic rings. The lowest BCUT2D eigenvalue weighted by Crippen LogP contribution is -2.38. The molecule has 0 aromatic heterocycles. The van der Waals surface area contributed by atoms with Gasteiger partial charge in [-0.2, -0.15) is 13.2 Å². The third kappa shape index (κ3) is 5.52. The monoisotopic (exact) mass is 476 g/mol. The standard InChI is InChI=1S/C25H28F4N4O/c1-16-5-2-3-11-33(16)12-4-10-30-22-9-7-18(14-21(22)25(27,28)29)31-15-20-19-8-6-17(26)13-23(19)32-24(20)34/h6-9,13-16,30-31H,2-5,10-12H2,1H3,(H,32,34). The summed E-state index contributed by atoms with van der Waals surface area (Å²) in [7, 11) is 0. The lowest BCUT2D eigenvalue weighted by molar-refractivity contribution is -0.136. The average molecular weight is 477 g/mol. The van der Waals surface area contributed by atoms with Crippen LogP contribution < -0.4 is 16.0 Å². The zero-order chi connectivity index (χ0) is 24.3. The first kappa shape index (κ1) is 24.1. The van der Waals surface area contributed by atoms with E-state index in [1.807, 2.05) is 0 Å². The van der Waals surface area contributed by atoms with Crippen LogP contribution in [0.15, 0.2) is 42.6 Å². The molecule has 2 aromatic rings. The van der Waals surface area contributed by atoms with E-state index in [4.69, 9.17) is 0 Å². The van der Waals surface area contributed by atoms with E-state index in [9.17, 15) is 22.4 Å². The Morgan fingerprint density at radius 2 is 2.00 bits per heavy atom. The zero-order valence-electron chi connectivity index (χ0n) is 18.9. The quantitative estimate of drug-likeness (QED) is 0.264. The smallest absolute Gasteiger partial charge is 0.385 e. The van der Waals surface area contributed by atoms with Gasteiger partial charge in [-0.1, -0.05) is 6.42 Å². The normalized spacial score (nSPS) is 19.7. The third-order valence-electron chi connectivity index (χ3n) is 6.35. The van der Waals surface area contributed by atoms with Gasteiger partial charge < -0.3 is 20.9 Å². The third-order valence-corrected chi connectivity index (χ3v) is 6.35. The molecule has 1 fully saturated rings. The summed E-state index contributed by atoms with van der Waals surface area (Å²) in [5.41, 5.74) is 0.467. The van der Waals surface area contributed by atoms with Crippen LogP contribution in [-0.2, 0) is 11.0 Å². The van der Waals surface area contributed by atoms with Gasteiger partial charge in [-0.15, -0.1) is 0 Å². The van der Waals surface area contributed by atoms with Crippen molar-refractivity contribution in [1.29, 1.82) is 0 Å². The Hall–Kier alpha value is -3.07. The van der Waals surface area contributed by atoms with Crippen LogP contribution in [0.2, 0.25) is 0 Å². The predicted molar refractivity (Wildman–Crippen MR) is 126 cm³/mol. The lowest BCUT2D eigenvalue weighted by atomic mass is 10.0. The SMILES string of the molecule is CC1CCCCN1CCCNc1ccc(NC=C2C(=O)Nc3cc(F)ccc32)cc1C(F)(F)F. The summed E-state index contributed by atoms with van der Waals surface area (Å²) in [6.07, 6.45) is 1.12. The van der Waals surface area contributed by atoms with Crippen molar-refractivity contribution in [2.75, 3.05) is 35.6 Å². The van der Waals surface area contributed by atoms with Gasteiger partial charge in [0.25, 0.3) is 5.91 Å². The Morgan fingerprint density at radius 3 is 2.76 bits per heavy atom. The molecule has 3 N–H and O–H groups in total. The summed E-state index contributed by atoms with van der Waals surface area (Å²) in [6, 6.07) is 8.33. The Labute approximate surface area is 196 Å². The Kier molecular flexibility index (Phi) is 7.11. The van der Waals surface area contributed by atoms with E-state index in [1.165, 1.54) is 55.8 Å². The summed E-state index contributed by atoms with van der Waals surface area (Å²) in [4.78, 5) is 14.6. The van der Waals surface area contributed by atoms with Crippen LogP contribution in [-0.4, -0.2) is 36.5 Å². The van der Waals surface area contributed by atoms with Gasteiger partial charge in [-0.05, 0) is 69.1 Å². The number of halogens is 4. The summed E-state index contributed by atoms with van der Waals surface area (Å²) < 4.78 is 54.6. The van der Waals surface area contributed by atoms with Crippen molar-refractivity contribution in [3.8, 4) is 0 Å². The molecule has 5 nitrogen and oxygen atoms in total. The van der Waals surface area contributed by atoms with Gasteiger partial charge in [-0.25, -0.2) is 4.39 Å². The number of hydrogen-bond donors (Lipinski definition) is 3. The molecule has 2 aliphatic heterocycles. The van der Waals surface area contributed by atoms with Crippen LogP contribution in [0.25, 0.3) is 5.57 Å². The molecule has 1 unspecified atom stereocenters. The highest BCUT2D eigenvalue weighted by Crippen LogP contribution is 2.37. The predicted octanol–water partition coefficient (Wildman–Crippen LogP) is 5.93. The molecular formula is C25H28F4N4O. The number of carbonyl (C=O) groups is 1. The van der Waals surface area contributed by atoms with Crippen LogP contribution in [0, 0.1) is 5.82 Å². The molecule has 0 radical (unpaired) electrons. The van der Waals surface area contributed by atoms with Crippen molar-refractivity contribution in [1.82, 2.24) is 4.90 Å². The molecule has 1 saturated heterocycles. The number of fused-ring (bicyclic) bond motifs is 1. The number of rotatable bonds is 7. The van der Waals surface area contributed by atoms with E-state index in [0.717, 1.165) is 25.6 Å². The highest BCUT2D eigenvalue weighted by atomic mass is 19.4. The molecule has 4 rings (SSSR count). The number of benzene rings is 2. The van der Waals surface area contributed by atoms with Crippen LogP contribution in [0.5, 0.6) is 0 Å². The fourth-order valence-corrected chi connectivity index (χ4v) is 4.48. The fourth-order valence-electron chi connectivity index (χ4n) is 4.48. The summed E-state index contributed by atoms with van der Waals surface area (Å²) in [5.74, 6) is -0.943.